The second-order valence-corrected chi connectivity index (χ2v) is 7.44. The second kappa shape index (κ2) is 6.93. The summed E-state index contributed by atoms with van der Waals surface area (Å²) in [5, 5.41) is 3.90. The van der Waals surface area contributed by atoms with Crippen LogP contribution in [-0.2, 0) is 0 Å². The minimum atomic E-state index is 0.829. The molecule has 0 saturated heterocycles. The molecule has 1 N–H and O–H groups in total. The fourth-order valence-corrected chi connectivity index (χ4v) is 4.20. The van der Waals surface area contributed by atoms with Gasteiger partial charge in [0.25, 0.3) is 0 Å². The van der Waals surface area contributed by atoms with Gasteiger partial charge in [-0.1, -0.05) is 46.5 Å². The van der Waals surface area contributed by atoms with E-state index in [1.54, 1.807) is 0 Å². The van der Waals surface area contributed by atoms with E-state index in [0.29, 0.717) is 0 Å². The second-order valence-electron chi connectivity index (χ2n) is 7.44. The predicted molar refractivity (Wildman–Crippen MR) is 79.7 cm³/mol. The molecule has 0 aromatic rings. The van der Waals surface area contributed by atoms with Crippen LogP contribution in [-0.4, -0.2) is 12.6 Å². The van der Waals surface area contributed by atoms with Crippen molar-refractivity contribution < 1.29 is 0 Å². The van der Waals surface area contributed by atoms with Gasteiger partial charge in [-0.15, -0.1) is 0 Å². The average molecular weight is 251 g/mol. The molecule has 2 aliphatic carbocycles. The number of nitrogens with one attached hydrogen (secondary N) is 1. The van der Waals surface area contributed by atoms with Crippen LogP contribution in [0.15, 0.2) is 0 Å². The van der Waals surface area contributed by atoms with Crippen LogP contribution in [0.3, 0.4) is 0 Å². The highest BCUT2D eigenvalue weighted by Crippen LogP contribution is 2.32. The number of hydrogen-bond acceptors (Lipinski definition) is 1. The zero-order valence-corrected chi connectivity index (χ0v) is 12.8. The fraction of sp³-hybridized carbons (Fsp3) is 1.00. The van der Waals surface area contributed by atoms with Gasteiger partial charge in [0, 0.05) is 6.04 Å². The van der Waals surface area contributed by atoms with E-state index < -0.39 is 0 Å². The van der Waals surface area contributed by atoms with E-state index >= 15 is 0 Å². The Balaban J connectivity index is 1.69. The van der Waals surface area contributed by atoms with Crippen LogP contribution in [0.2, 0.25) is 0 Å². The fourth-order valence-electron chi connectivity index (χ4n) is 4.20. The number of hydrogen-bond donors (Lipinski definition) is 1. The summed E-state index contributed by atoms with van der Waals surface area (Å²) in [4.78, 5) is 0. The summed E-state index contributed by atoms with van der Waals surface area (Å²) in [5.74, 6) is 3.81. The molecule has 0 bridgehead atoms. The van der Waals surface area contributed by atoms with Gasteiger partial charge in [-0.3, -0.25) is 0 Å². The van der Waals surface area contributed by atoms with Gasteiger partial charge in [-0.25, -0.2) is 0 Å². The average Bonchev–Trinajstić information content (AvgIpc) is 2.72. The molecule has 2 saturated carbocycles. The summed E-state index contributed by atoms with van der Waals surface area (Å²) in [7, 11) is 0. The molecule has 0 aliphatic heterocycles. The van der Waals surface area contributed by atoms with Crippen molar-refractivity contribution in [3.05, 3.63) is 0 Å². The van der Waals surface area contributed by atoms with E-state index in [2.05, 4.69) is 26.1 Å². The molecule has 0 radical (unpaired) electrons. The molecule has 18 heavy (non-hydrogen) atoms. The van der Waals surface area contributed by atoms with Crippen molar-refractivity contribution in [2.75, 3.05) is 6.54 Å². The molecular weight excluding hydrogens is 218 g/mol. The maximum Gasteiger partial charge on any atom is 0.00698 e. The van der Waals surface area contributed by atoms with Gasteiger partial charge in [-0.05, 0) is 55.9 Å². The molecule has 2 fully saturated rings. The van der Waals surface area contributed by atoms with E-state index in [9.17, 15) is 0 Å². The van der Waals surface area contributed by atoms with Crippen LogP contribution in [0.1, 0.15) is 72.1 Å². The van der Waals surface area contributed by atoms with Gasteiger partial charge in [0.1, 0.15) is 0 Å². The molecule has 0 heterocycles. The summed E-state index contributed by atoms with van der Waals surface area (Å²) in [6.07, 6.45) is 11.6. The highest BCUT2D eigenvalue weighted by Gasteiger charge is 2.26. The van der Waals surface area contributed by atoms with Crippen molar-refractivity contribution in [3.63, 3.8) is 0 Å². The van der Waals surface area contributed by atoms with Crippen molar-refractivity contribution in [2.45, 2.75) is 78.2 Å². The molecule has 2 aliphatic rings. The van der Waals surface area contributed by atoms with Crippen molar-refractivity contribution in [1.29, 1.82) is 0 Å². The Morgan fingerprint density at radius 1 is 1.06 bits per heavy atom. The summed E-state index contributed by atoms with van der Waals surface area (Å²) < 4.78 is 0. The van der Waals surface area contributed by atoms with E-state index in [1.165, 1.54) is 57.9 Å². The third kappa shape index (κ3) is 4.26. The molecule has 106 valence electrons. The van der Waals surface area contributed by atoms with Gasteiger partial charge in [0.2, 0.25) is 0 Å². The SMILES string of the molecule is CC(C)CC1CCCC(NCC2CCCC2C)C1. The lowest BCUT2D eigenvalue weighted by molar-refractivity contribution is 0.240. The van der Waals surface area contributed by atoms with Crippen molar-refractivity contribution in [3.8, 4) is 0 Å². The van der Waals surface area contributed by atoms with Crippen LogP contribution in [0.5, 0.6) is 0 Å². The molecule has 2 rings (SSSR count). The molecule has 4 unspecified atom stereocenters. The van der Waals surface area contributed by atoms with Crippen LogP contribution >= 0.6 is 0 Å². The third-order valence-electron chi connectivity index (χ3n) is 5.30. The number of rotatable bonds is 5. The van der Waals surface area contributed by atoms with Crippen molar-refractivity contribution in [2.24, 2.45) is 23.7 Å². The van der Waals surface area contributed by atoms with Gasteiger partial charge in [-0.2, -0.15) is 0 Å². The van der Waals surface area contributed by atoms with Crippen LogP contribution in [0.4, 0.5) is 0 Å². The van der Waals surface area contributed by atoms with Crippen molar-refractivity contribution in [1.82, 2.24) is 5.32 Å². The minimum Gasteiger partial charge on any atom is -0.314 e. The maximum absolute atomic E-state index is 3.90. The summed E-state index contributed by atoms with van der Waals surface area (Å²) in [5.41, 5.74) is 0. The highest BCUT2D eigenvalue weighted by molar-refractivity contribution is 4.82. The summed E-state index contributed by atoms with van der Waals surface area (Å²) in [6.45, 7) is 8.48. The first-order valence-corrected chi connectivity index (χ1v) is 8.38. The van der Waals surface area contributed by atoms with Crippen LogP contribution in [0, 0.1) is 23.7 Å². The Morgan fingerprint density at radius 2 is 1.83 bits per heavy atom. The van der Waals surface area contributed by atoms with E-state index in [-0.39, 0.29) is 0 Å². The Hall–Kier alpha value is -0.0400. The maximum atomic E-state index is 3.90. The van der Waals surface area contributed by atoms with Gasteiger partial charge in [0.05, 0.1) is 0 Å². The zero-order valence-electron chi connectivity index (χ0n) is 12.8. The predicted octanol–water partition coefficient (Wildman–Crippen LogP) is 4.62. The largest absolute Gasteiger partial charge is 0.314 e. The molecule has 0 spiro atoms. The first kappa shape index (κ1) is 14.4. The highest BCUT2D eigenvalue weighted by atomic mass is 14.9. The summed E-state index contributed by atoms with van der Waals surface area (Å²) >= 11 is 0. The molecule has 1 nitrogen and oxygen atoms in total. The van der Waals surface area contributed by atoms with E-state index in [4.69, 9.17) is 0 Å². The van der Waals surface area contributed by atoms with E-state index in [1.807, 2.05) is 0 Å². The Labute approximate surface area is 114 Å². The van der Waals surface area contributed by atoms with Crippen LogP contribution in [0.25, 0.3) is 0 Å². The van der Waals surface area contributed by atoms with E-state index in [0.717, 1.165) is 29.7 Å². The Bertz CT molecular complexity index is 236. The smallest absolute Gasteiger partial charge is 0.00698 e. The quantitative estimate of drug-likeness (QED) is 0.752. The zero-order chi connectivity index (χ0) is 13.0. The van der Waals surface area contributed by atoms with Gasteiger partial charge >= 0.3 is 0 Å². The topological polar surface area (TPSA) is 12.0 Å². The lowest BCUT2D eigenvalue weighted by Crippen LogP contribution is -2.37. The molecule has 0 amide bonds. The minimum absolute atomic E-state index is 0.829. The Morgan fingerprint density at radius 3 is 2.50 bits per heavy atom. The molecule has 0 aromatic heterocycles. The lowest BCUT2D eigenvalue weighted by Gasteiger charge is -2.32. The van der Waals surface area contributed by atoms with Gasteiger partial charge in [0.15, 0.2) is 0 Å². The first-order chi connectivity index (χ1) is 8.65. The molecule has 1 heteroatoms. The summed E-state index contributed by atoms with van der Waals surface area (Å²) in [6, 6.07) is 0.829. The molecule has 0 aromatic carbocycles. The molecule has 4 atom stereocenters. The standard InChI is InChI=1S/C17H33N/c1-13(2)10-15-7-5-9-17(11-15)18-12-16-8-4-6-14(16)3/h13-18H,4-12H2,1-3H3. The normalized spacial score (nSPS) is 37.3. The lowest BCUT2D eigenvalue weighted by atomic mass is 9.81. The third-order valence-corrected chi connectivity index (χ3v) is 5.30. The Kier molecular flexibility index (Phi) is 5.54. The monoisotopic (exact) mass is 251 g/mol. The van der Waals surface area contributed by atoms with Gasteiger partial charge < -0.3 is 5.32 Å². The van der Waals surface area contributed by atoms with Crippen LogP contribution < -0.4 is 5.32 Å². The molecular formula is C17H33N. The first-order valence-electron chi connectivity index (χ1n) is 8.38. The van der Waals surface area contributed by atoms with Crippen molar-refractivity contribution >= 4 is 0 Å².